The van der Waals surface area contributed by atoms with Gasteiger partial charge in [-0.2, -0.15) is 0 Å². The lowest BCUT2D eigenvalue weighted by molar-refractivity contribution is -0.129. The zero-order valence-corrected chi connectivity index (χ0v) is 14.3. The van der Waals surface area contributed by atoms with Crippen LogP contribution in [0.3, 0.4) is 0 Å². The minimum absolute atomic E-state index is 0. The van der Waals surface area contributed by atoms with Crippen molar-refractivity contribution in [1.82, 2.24) is 5.32 Å². The van der Waals surface area contributed by atoms with Gasteiger partial charge in [-0.15, -0.1) is 12.4 Å². The molecule has 0 aromatic rings. The van der Waals surface area contributed by atoms with Gasteiger partial charge in [0.1, 0.15) is 0 Å². The summed E-state index contributed by atoms with van der Waals surface area (Å²) in [5.74, 6) is 0.00900. The Kier molecular flexibility index (Phi) is 7.50. The van der Waals surface area contributed by atoms with E-state index in [4.69, 9.17) is 10.5 Å². The summed E-state index contributed by atoms with van der Waals surface area (Å²) in [5.41, 5.74) is 5.90. The van der Waals surface area contributed by atoms with E-state index >= 15 is 0 Å². The van der Waals surface area contributed by atoms with E-state index in [9.17, 15) is 4.79 Å². The highest BCUT2D eigenvalue weighted by Crippen LogP contribution is 2.31. The van der Waals surface area contributed by atoms with Crippen molar-refractivity contribution in [2.24, 2.45) is 17.1 Å². The first kappa shape index (κ1) is 19.7. The number of carbonyl (C=O) groups is 1. The predicted octanol–water partition coefficient (Wildman–Crippen LogP) is 2.49. The quantitative estimate of drug-likeness (QED) is 0.838. The van der Waals surface area contributed by atoms with Crippen molar-refractivity contribution in [3.05, 3.63) is 0 Å². The summed E-state index contributed by atoms with van der Waals surface area (Å²) in [4.78, 5) is 12.3. The van der Waals surface area contributed by atoms with Crippen molar-refractivity contribution in [3.63, 3.8) is 0 Å². The molecule has 1 saturated carbocycles. The lowest BCUT2D eigenvalue weighted by Crippen LogP contribution is -2.54. The number of ether oxygens (including phenoxy) is 1. The van der Waals surface area contributed by atoms with Gasteiger partial charge in [-0.3, -0.25) is 4.79 Å². The standard InChI is InChI=1S/C15H30N2O2.ClH/c1-14(2,3)12(19-5)10-17-13(18)11-8-6-7-9-15(11,4)16;/h11-12H,6-10,16H2,1-5H3,(H,17,18);1H. The molecule has 3 N–H and O–H groups in total. The van der Waals surface area contributed by atoms with Gasteiger partial charge >= 0.3 is 0 Å². The molecule has 3 unspecified atom stereocenters. The maximum Gasteiger partial charge on any atom is 0.225 e. The monoisotopic (exact) mass is 306 g/mol. The van der Waals surface area contributed by atoms with Crippen molar-refractivity contribution >= 4 is 18.3 Å². The second kappa shape index (κ2) is 7.62. The van der Waals surface area contributed by atoms with E-state index in [-0.39, 0.29) is 41.3 Å². The molecule has 20 heavy (non-hydrogen) atoms. The highest BCUT2D eigenvalue weighted by Gasteiger charge is 2.38. The van der Waals surface area contributed by atoms with E-state index in [0.29, 0.717) is 6.54 Å². The lowest BCUT2D eigenvalue weighted by Gasteiger charge is -2.38. The summed E-state index contributed by atoms with van der Waals surface area (Å²) in [6.07, 6.45) is 4.06. The Balaban J connectivity index is 0.00000361. The van der Waals surface area contributed by atoms with Gasteiger partial charge in [0.15, 0.2) is 0 Å². The molecule has 0 heterocycles. The fraction of sp³-hybridized carbons (Fsp3) is 0.933. The van der Waals surface area contributed by atoms with Gasteiger partial charge in [0, 0.05) is 19.2 Å². The van der Waals surface area contributed by atoms with Crippen molar-refractivity contribution in [3.8, 4) is 0 Å². The van der Waals surface area contributed by atoms with Crippen molar-refractivity contribution in [2.45, 2.75) is 65.0 Å². The van der Waals surface area contributed by atoms with Crippen LogP contribution < -0.4 is 11.1 Å². The lowest BCUT2D eigenvalue weighted by atomic mass is 9.74. The Labute approximate surface area is 129 Å². The molecular weight excluding hydrogens is 276 g/mol. The van der Waals surface area contributed by atoms with Crippen molar-refractivity contribution in [1.29, 1.82) is 0 Å². The number of methoxy groups -OCH3 is 1. The molecule has 1 amide bonds. The van der Waals surface area contributed by atoms with Crippen LogP contribution in [0.4, 0.5) is 0 Å². The van der Waals surface area contributed by atoms with Crippen LogP contribution in [0, 0.1) is 11.3 Å². The summed E-state index contributed by atoms with van der Waals surface area (Å²) >= 11 is 0. The molecule has 1 fully saturated rings. The Morgan fingerprint density at radius 2 is 2.05 bits per heavy atom. The number of halogens is 1. The summed E-state index contributed by atoms with van der Waals surface area (Å²) in [7, 11) is 1.69. The molecule has 0 bridgehead atoms. The molecule has 0 aliphatic heterocycles. The molecule has 0 radical (unpaired) electrons. The molecule has 5 heteroatoms. The normalized spacial score (nSPS) is 28.4. The largest absolute Gasteiger partial charge is 0.379 e. The summed E-state index contributed by atoms with van der Waals surface area (Å²) in [6.45, 7) is 8.88. The van der Waals surface area contributed by atoms with Crippen molar-refractivity contribution < 1.29 is 9.53 Å². The van der Waals surface area contributed by atoms with Gasteiger partial charge in [-0.25, -0.2) is 0 Å². The van der Waals surface area contributed by atoms with E-state index < -0.39 is 0 Å². The topological polar surface area (TPSA) is 64.3 Å². The zero-order chi connectivity index (χ0) is 14.7. The van der Waals surface area contributed by atoms with Crippen LogP contribution in [0.2, 0.25) is 0 Å². The van der Waals surface area contributed by atoms with Gasteiger partial charge in [-0.05, 0) is 25.2 Å². The van der Waals surface area contributed by atoms with Crippen LogP contribution >= 0.6 is 12.4 Å². The molecule has 4 nitrogen and oxygen atoms in total. The molecule has 3 atom stereocenters. The molecule has 0 spiro atoms. The highest BCUT2D eigenvalue weighted by atomic mass is 35.5. The molecule has 120 valence electrons. The summed E-state index contributed by atoms with van der Waals surface area (Å²) in [6, 6.07) is 0. The fourth-order valence-corrected chi connectivity index (χ4v) is 2.85. The van der Waals surface area contributed by atoms with E-state index in [2.05, 4.69) is 26.1 Å². The second-order valence-electron chi connectivity index (χ2n) is 7.14. The number of nitrogens with two attached hydrogens (primary N) is 1. The van der Waals surface area contributed by atoms with Gasteiger partial charge in [0.2, 0.25) is 5.91 Å². The molecule has 0 aromatic carbocycles. The number of carbonyl (C=O) groups excluding carboxylic acids is 1. The molecule has 1 rings (SSSR count). The third-order valence-electron chi connectivity index (χ3n) is 4.28. The smallest absolute Gasteiger partial charge is 0.225 e. The van der Waals surface area contributed by atoms with Crippen LogP contribution in [-0.4, -0.2) is 31.2 Å². The Hall–Kier alpha value is -0.320. The molecule has 1 aliphatic rings. The SMILES string of the molecule is COC(CNC(=O)C1CCCCC1(C)N)C(C)(C)C.Cl. The van der Waals surface area contributed by atoms with Crippen molar-refractivity contribution in [2.75, 3.05) is 13.7 Å². The van der Waals surface area contributed by atoms with Crippen LogP contribution in [0.15, 0.2) is 0 Å². The first-order chi connectivity index (χ1) is 8.68. The van der Waals surface area contributed by atoms with Crippen LogP contribution in [0.25, 0.3) is 0 Å². The molecule has 0 aromatic heterocycles. The third kappa shape index (κ3) is 5.23. The number of hydrogen-bond acceptors (Lipinski definition) is 3. The number of hydrogen-bond donors (Lipinski definition) is 2. The summed E-state index contributed by atoms with van der Waals surface area (Å²) < 4.78 is 5.46. The average molecular weight is 307 g/mol. The third-order valence-corrected chi connectivity index (χ3v) is 4.28. The fourth-order valence-electron chi connectivity index (χ4n) is 2.85. The van der Waals surface area contributed by atoms with E-state index in [1.165, 1.54) is 0 Å². The van der Waals surface area contributed by atoms with Gasteiger partial charge in [0.05, 0.1) is 12.0 Å². The first-order valence-corrected chi connectivity index (χ1v) is 7.28. The van der Waals surface area contributed by atoms with Gasteiger partial charge in [0.25, 0.3) is 0 Å². The van der Waals surface area contributed by atoms with Crippen LogP contribution in [0.5, 0.6) is 0 Å². The molecule has 0 saturated heterocycles. The van der Waals surface area contributed by atoms with E-state index in [1.807, 2.05) is 6.92 Å². The first-order valence-electron chi connectivity index (χ1n) is 7.28. The van der Waals surface area contributed by atoms with Crippen LogP contribution in [-0.2, 0) is 9.53 Å². The number of amides is 1. The molecular formula is C15H31ClN2O2. The van der Waals surface area contributed by atoms with Gasteiger partial charge in [-0.1, -0.05) is 33.6 Å². The van der Waals surface area contributed by atoms with E-state index in [1.54, 1.807) is 7.11 Å². The maximum atomic E-state index is 12.3. The second-order valence-corrected chi connectivity index (χ2v) is 7.14. The molecule has 1 aliphatic carbocycles. The van der Waals surface area contributed by atoms with Crippen LogP contribution in [0.1, 0.15) is 53.4 Å². The Morgan fingerprint density at radius 3 is 2.50 bits per heavy atom. The maximum absolute atomic E-state index is 12.3. The number of nitrogens with one attached hydrogen (secondary N) is 1. The Bertz CT molecular complexity index is 313. The van der Waals surface area contributed by atoms with E-state index in [0.717, 1.165) is 25.7 Å². The highest BCUT2D eigenvalue weighted by molar-refractivity contribution is 5.85. The minimum Gasteiger partial charge on any atom is -0.379 e. The average Bonchev–Trinajstić information content (AvgIpc) is 2.27. The van der Waals surface area contributed by atoms with Gasteiger partial charge < -0.3 is 15.8 Å². The minimum atomic E-state index is -0.368. The zero-order valence-electron chi connectivity index (χ0n) is 13.5. The Morgan fingerprint density at radius 1 is 1.45 bits per heavy atom. The summed E-state index contributed by atoms with van der Waals surface area (Å²) in [5, 5.41) is 3.02. The number of rotatable bonds is 4. The predicted molar refractivity (Wildman–Crippen MR) is 85.1 cm³/mol.